The summed E-state index contributed by atoms with van der Waals surface area (Å²) >= 11 is 5.76. The Morgan fingerprint density at radius 2 is 1.92 bits per heavy atom. The van der Waals surface area contributed by atoms with Crippen molar-refractivity contribution in [3.05, 3.63) is 34.9 Å². The lowest BCUT2D eigenvalue weighted by molar-refractivity contribution is 1.50. The maximum atomic E-state index is 5.76. The van der Waals surface area contributed by atoms with Crippen LogP contribution in [0.2, 0.25) is 5.02 Å². The zero-order valence-electron chi connectivity index (χ0n) is 8.34. The molecule has 0 atom stereocenters. The smallest absolute Gasteiger partial charge is 0.0413 e. The Bertz CT molecular complexity index is 279. The normalized spacial score (nSPS) is 9.54. The molecule has 0 aliphatic heterocycles. The van der Waals surface area contributed by atoms with Gasteiger partial charge in [-0.2, -0.15) is 0 Å². The summed E-state index contributed by atoms with van der Waals surface area (Å²) in [6.45, 7) is 5.94. The Balaban J connectivity index is 0.000000671. The average molecular weight is 198 g/mol. The van der Waals surface area contributed by atoms with Crippen molar-refractivity contribution in [3.63, 3.8) is 0 Å². The standard InChI is InChI=1S/C9H10ClN.C2H6/c1-2-3-7-6-8(10)4-5-9(7)11;1-2/h2-6H,11H2,1H3;1-2H3/b3-2-;. The molecule has 0 aliphatic rings. The van der Waals surface area contributed by atoms with E-state index < -0.39 is 0 Å². The van der Waals surface area contributed by atoms with E-state index in [4.69, 9.17) is 17.3 Å². The molecule has 72 valence electrons. The second-order valence-electron chi connectivity index (χ2n) is 2.27. The zero-order valence-corrected chi connectivity index (χ0v) is 9.10. The summed E-state index contributed by atoms with van der Waals surface area (Å²) in [5, 5.41) is 0.715. The maximum Gasteiger partial charge on any atom is 0.0413 e. The largest absolute Gasteiger partial charge is 0.398 e. The third kappa shape index (κ3) is 4.00. The van der Waals surface area contributed by atoms with Gasteiger partial charge in [-0.15, -0.1) is 0 Å². The van der Waals surface area contributed by atoms with E-state index in [2.05, 4.69) is 0 Å². The predicted molar refractivity (Wildman–Crippen MR) is 61.9 cm³/mol. The Kier molecular flexibility index (Phi) is 6.07. The molecule has 1 aromatic carbocycles. The molecule has 0 amide bonds. The van der Waals surface area contributed by atoms with Crippen LogP contribution in [0.1, 0.15) is 26.3 Å². The van der Waals surface area contributed by atoms with Gasteiger partial charge >= 0.3 is 0 Å². The van der Waals surface area contributed by atoms with Crippen LogP contribution in [-0.2, 0) is 0 Å². The van der Waals surface area contributed by atoms with Gasteiger partial charge in [0.25, 0.3) is 0 Å². The Morgan fingerprint density at radius 3 is 2.46 bits per heavy atom. The highest BCUT2D eigenvalue weighted by molar-refractivity contribution is 6.30. The van der Waals surface area contributed by atoms with Gasteiger partial charge in [-0.3, -0.25) is 0 Å². The highest BCUT2D eigenvalue weighted by atomic mass is 35.5. The molecule has 0 spiro atoms. The summed E-state index contributed by atoms with van der Waals surface area (Å²) in [6.07, 6.45) is 3.86. The van der Waals surface area contributed by atoms with E-state index in [1.165, 1.54) is 0 Å². The SMILES string of the molecule is C/C=C\c1cc(Cl)ccc1N.CC. The lowest BCUT2D eigenvalue weighted by atomic mass is 10.2. The zero-order chi connectivity index (χ0) is 10.3. The first-order valence-electron chi connectivity index (χ1n) is 4.42. The number of hydrogen-bond donors (Lipinski definition) is 1. The molecular weight excluding hydrogens is 182 g/mol. The van der Waals surface area contributed by atoms with Crippen molar-refractivity contribution in [1.29, 1.82) is 0 Å². The molecule has 2 heteroatoms. The quantitative estimate of drug-likeness (QED) is 0.678. The summed E-state index contributed by atoms with van der Waals surface area (Å²) in [4.78, 5) is 0. The van der Waals surface area contributed by atoms with Gasteiger partial charge < -0.3 is 5.73 Å². The minimum Gasteiger partial charge on any atom is -0.398 e. The van der Waals surface area contributed by atoms with Crippen molar-refractivity contribution in [2.24, 2.45) is 0 Å². The number of hydrogen-bond acceptors (Lipinski definition) is 1. The van der Waals surface area contributed by atoms with Gasteiger partial charge in [0, 0.05) is 10.7 Å². The van der Waals surface area contributed by atoms with Crippen LogP contribution in [0.3, 0.4) is 0 Å². The van der Waals surface area contributed by atoms with Crippen LogP contribution in [0.5, 0.6) is 0 Å². The summed E-state index contributed by atoms with van der Waals surface area (Å²) < 4.78 is 0. The molecule has 2 N–H and O–H groups in total. The molecule has 0 radical (unpaired) electrons. The van der Waals surface area contributed by atoms with Crippen molar-refractivity contribution < 1.29 is 0 Å². The molecule has 0 aliphatic carbocycles. The molecule has 0 saturated carbocycles. The monoisotopic (exact) mass is 197 g/mol. The number of rotatable bonds is 1. The molecular formula is C11H16ClN. The van der Waals surface area contributed by atoms with E-state index in [0.717, 1.165) is 11.3 Å². The molecule has 1 aromatic rings. The summed E-state index contributed by atoms with van der Waals surface area (Å²) in [5.41, 5.74) is 7.39. The van der Waals surface area contributed by atoms with Crippen LogP contribution in [0, 0.1) is 0 Å². The van der Waals surface area contributed by atoms with Crippen LogP contribution in [-0.4, -0.2) is 0 Å². The number of nitrogen functional groups attached to an aromatic ring is 1. The molecule has 0 heterocycles. The highest BCUT2D eigenvalue weighted by Gasteiger charge is 1.94. The second kappa shape index (κ2) is 6.55. The van der Waals surface area contributed by atoms with Gasteiger partial charge in [-0.1, -0.05) is 37.6 Å². The predicted octanol–water partition coefficient (Wildman–Crippen LogP) is 3.98. The van der Waals surface area contributed by atoms with E-state index in [-0.39, 0.29) is 0 Å². The van der Waals surface area contributed by atoms with Crippen molar-refractivity contribution in [2.45, 2.75) is 20.8 Å². The van der Waals surface area contributed by atoms with Crippen LogP contribution >= 0.6 is 11.6 Å². The molecule has 0 aromatic heterocycles. The fourth-order valence-corrected chi connectivity index (χ4v) is 1.05. The van der Waals surface area contributed by atoms with Gasteiger partial charge in [0.15, 0.2) is 0 Å². The third-order valence-corrected chi connectivity index (χ3v) is 1.63. The van der Waals surface area contributed by atoms with Crippen molar-refractivity contribution in [3.8, 4) is 0 Å². The van der Waals surface area contributed by atoms with E-state index in [1.54, 1.807) is 12.1 Å². The van der Waals surface area contributed by atoms with Crippen molar-refractivity contribution >= 4 is 23.4 Å². The van der Waals surface area contributed by atoms with Gasteiger partial charge in [-0.05, 0) is 30.7 Å². The summed E-state index contributed by atoms with van der Waals surface area (Å²) in [5.74, 6) is 0. The lowest BCUT2D eigenvalue weighted by Gasteiger charge is -1.99. The highest BCUT2D eigenvalue weighted by Crippen LogP contribution is 2.18. The number of nitrogens with two attached hydrogens (primary N) is 1. The maximum absolute atomic E-state index is 5.76. The fraction of sp³-hybridized carbons (Fsp3) is 0.273. The number of anilines is 1. The van der Waals surface area contributed by atoms with E-state index >= 15 is 0 Å². The summed E-state index contributed by atoms with van der Waals surface area (Å²) in [7, 11) is 0. The van der Waals surface area contributed by atoms with Gasteiger partial charge in [0.05, 0.1) is 0 Å². The Morgan fingerprint density at radius 1 is 1.31 bits per heavy atom. The first-order valence-corrected chi connectivity index (χ1v) is 4.79. The molecule has 0 fully saturated rings. The first-order chi connectivity index (χ1) is 6.24. The fourth-order valence-electron chi connectivity index (χ4n) is 0.870. The third-order valence-electron chi connectivity index (χ3n) is 1.40. The van der Waals surface area contributed by atoms with Crippen LogP contribution in [0.25, 0.3) is 6.08 Å². The van der Waals surface area contributed by atoms with Crippen LogP contribution in [0.15, 0.2) is 24.3 Å². The molecule has 0 saturated heterocycles. The van der Waals surface area contributed by atoms with Crippen LogP contribution in [0.4, 0.5) is 5.69 Å². The Labute approximate surface area is 85.2 Å². The van der Waals surface area contributed by atoms with E-state index in [0.29, 0.717) is 5.02 Å². The molecule has 1 nitrogen and oxygen atoms in total. The molecule has 1 rings (SSSR count). The van der Waals surface area contributed by atoms with Gasteiger partial charge in [0.1, 0.15) is 0 Å². The average Bonchev–Trinajstić information content (AvgIpc) is 2.15. The van der Waals surface area contributed by atoms with Crippen molar-refractivity contribution in [2.75, 3.05) is 5.73 Å². The molecule has 0 bridgehead atoms. The number of halogens is 1. The second-order valence-corrected chi connectivity index (χ2v) is 2.71. The first kappa shape index (κ1) is 12.0. The molecule has 0 unspecified atom stereocenters. The van der Waals surface area contributed by atoms with Crippen molar-refractivity contribution in [1.82, 2.24) is 0 Å². The summed E-state index contributed by atoms with van der Waals surface area (Å²) in [6, 6.07) is 5.43. The molecule has 13 heavy (non-hydrogen) atoms. The minimum atomic E-state index is 0.715. The van der Waals surface area contributed by atoms with Gasteiger partial charge in [0.2, 0.25) is 0 Å². The number of allylic oxidation sites excluding steroid dienone is 1. The van der Waals surface area contributed by atoms with E-state index in [9.17, 15) is 0 Å². The minimum absolute atomic E-state index is 0.715. The van der Waals surface area contributed by atoms with E-state index in [1.807, 2.05) is 39.0 Å². The topological polar surface area (TPSA) is 26.0 Å². The van der Waals surface area contributed by atoms with Crippen LogP contribution < -0.4 is 5.73 Å². The number of benzene rings is 1. The van der Waals surface area contributed by atoms with Gasteiger partial charge in [-0.25, -0.2) is 0 Å². The lowest BCUT2D eigenvalue weighted by Crippen LogP contribution is -1.87. The Hall–Kier alpha value is -0.950.